The zero-order valence-corrected chi connectivity index (χ0v) is 5.91. The lowest BCUT2D eigenvalue weighted by molar-refractivity contribution is 1.11. The zero-order valence-electron chi connectivity index (χ0n) is 5.91. The molecule has 0 aliphatic heterocycles. The summed E-state index contributed by atoms with van der Waals surface area (Å²) in [6.45, 7) is 0. The van der Waals surface area contributed by atoms with Crippen molar-refractivity contribution < 1.29 is 0 Å². The molecule has 0 spiro atoms. The molecule has 0 aliphatic carbocycles. The molecule has 0 atom stereocenters. The van der Waals surface area contributed by atoms with E-state index in [1.165, 1.54) is 0 Å². The van der Waals surface area contributed by atoms with E-state index in [2.05, 4.69) is 10.9 Å². The summed E-state index contributed by atoms with van der Waals surface area (Å²) in [5.74, 6) is 2.48. The van der Waals surface area contributed by atoms with Crippen molar-refractivity contribution >= 4 is 0 Å². The second-order valence-electron chi connectivity index (χ2n) is 2.02. The number of nitriles is 1. The average Bonchev–Trinajstić information content (AvgIpc) is 2.06. The van der Waals surface area contributed by atoms with Crippen molar-refractivity contribution in [1.29, 1.82) is 5.26 Å². The van der Waals surface area contributed by atoms with E-state index in [-0.39, 0.29) is 0 Å². The maximum Gasteiger partial charge on any atom is 0.0775 e. The van der Waals surface area contributed by atoms with Gasteiger partial charge in [0.15, 0.2) is 0 Å². The second kappa shape index (κ2) is 3.39. The van der Waals surface area contributed by atoms with Crippen molar-refractivity contribution in [3.05, 3.63) is 29.6 Å². The Balaban J connectivity index is 2.96. The van der Waals surface area contributed by atoms with Crippen molar-refractivity contribution in [2.45, 2.75) is 6.42 Å². The largest absolute Gasteiger partial charge is 0.260 e. The highest BCUT2D eigenvalue weighted by Crippen LogP contribution is 1.99. The summed E-state index contributed by atoms with van der Waals surface area (Å²) >= 11 is 0. The van der Waals surface area contributed by atoms with E-state index in [9.17, 15) is 0 Å². The van der Waals surface area contributed by atoms with E-state index < -0.39 is 0 Å². The molecule has 0 aliphatic rings. The van der Waals surface area contributed by atoms with Crippen molar-refractivity contribution in [3.8, 4) is 18.4 Å². The molecular weight excluding hydrogens is 136 g/mol. The van der Waals surface area contributed by atoms with Gasteiger partial charge in [-0.15, -0.1) is 6.42 Å². The molecule has 0 bridgehead atoms. The van der Waals surface area contributed by atoms with Crippen LogP contribution in [0.4, 0.5) is 0 Å². The second-order valence-corrected chi connectivity index (χ2v) is 2.02. The zero-order chi connectivity index (χ0) is 8.10. The fourth-order valence-corrected chi connectivity index (χ4v) is 0.746. The maximum absolute atomic E-state index is 8.34. The third kappa shape index (κ3) is 1.81. The standard InChI is InChI=1S/C9H6N2/c1-2-8-4-6-11-9(7-8)3-5-10/h1,4,6-7H,3H2. The SMILES string of the molecule is C#Cc1ccnc(CC#N)c1. The molecule has 0 saturated carbocycles. The first-order valence-corrected chi connectivity index (χ1v) is 3.15. The fraction of sp³-hybridized carbons (Fsp3) is 0.111. The van der Waals surface area contributed by atoms with Crippen LogP contribution in [0.15, 0.2) is 18.3 Å². The van der Waals surface area contributed by atoms with Gasteiger partial charge in [-0.1, -0.05) is 5.92 Å². The quantitative estimate of drug-likeness (QED) is 0.551. The van der Waals surface area contributed by atoms with Crippen LogP contribution in [-0.4, -0.2) is 4.98 Å². The van der Waals surface area contributed by atoms with E-state index in [0.717, 1.165) is 11.3 Å². The Morgan fingerprint density at radius 3 is 3.09 bits per heavy atom. The van der Waals surface area contributed by atoms with Crippen LogP contribution in [0.1, 0.15) is 11.3 Å². The Morgan fingerprint density at radius 2 is 2.45 bits per heavy atom. The predicted octanol–water partition coefficient (Wildman–Crippen LogP) is 1.13. The molecule has 0 radical (unpaired) electrons. The Hall–Kier alpha value is -1.80. The highest BCUT2D eigenvalue weighted by Gasteiger charge is 1.92. The van der Waals surface area contributed by atoms with E-state index in [0.29, 0.717) is 6.42 Å². The number of aromatic nitrogens is 1. The molecule has 11 heavy (non-hydrogen) atoms. The lowest BCUT2D eigenvalue weighted by Crippen LogP contribution is -1.87. The molecule has 1 rings (SSSR count). The summed E-state index contributed by atoms with van der Waals surface area (Å²) in [5.41, 5.74) is 1.49. The average molecular weight is 142 g/mol. The van der Waals surface area contributed by atoms with Gasteiger partial charge in [0.2, 0.25) is 0 Å². The minimum atomic E-state index is 0.315. The highest BCUT2D eigenvalue weighted by molar-refractivity contribution is 5.32. The predicted molar refractivity (Wildman–Crippen MR) is 41.5 cm³/mol. The smallest absolute Gasteiger partial charge is 0.0775 e. The van der Waals surface area contributed by atoms with Gasteiger partial charge in [-0.2, -0.15) is 5.26 Å². The van der Waals surface area contributed by atoms with Crippen molar-refractivity contribution in [2.24, 2.45) is 0 Å². The third-order valence-electron chi connectivity index (χ3n) is 1.24. The van der Waals surface area contributed by atoms with Crippen LogP contribution in [-0.2, 0) is 6.42 Å². The minimum Gasteiger partial charge on any atom is -0.260 e. The summed E-state index contributed by atoms with van der Waals surface area (Å²) in [4.78, 5) is 3.96. The molecule has 2 heteroatoms. The van der Waals surface area contributed by atoms with Gasteiger partial charge < -0.3 is 0 Å². The molecule has 0 amide bonds. The van der Waals surface area contributed by atoms with Gasteiger partial charge in [-0.25, -0.2) is 0 Å². The number of hydrogen-bond donors (Lipinski definition) is 0. The van der Waals surface area contributed by atoms with E-state index in [1.54, 1.807) is 18.3 Å². The summed E-state index contributed by atoms with van der Waals surface area (Å²) in [5, 5.41) is 8.34. The number of nitrogens with zero attached hydrogens (tertiary/aromatic N) is 2. The molecule has 52 valence electrons. The first kappa shape index (κ1) is 7.31. The Morgan fingerprint density at radius 1 is 1.64 bits per heavy atom. The molecule has 0 N–H and O–H groups in total. The summed E-state index contributed by atoms with van der Waals surface area (Å²) in [7, 11) is 0. The number of pyridine rings is 1. The van der Waals surface area contributed by atoms with Crippen LogP contribution in [0.25, 0.3) is 0 Å². The summed E-state index contributed by atoms with van der Waals surface area (Å²) in [6.07, 6.45) is 7.08. The third-order valence-corrected chi connectivity index (χ3v) is 1.24. The van der Waals surface area contributed by atoms with E-state index in [4.69, 9.17) is 11.7 Å². The van der Waals surface area contributed by atoms with Gasteiger partial charge >= 0.3 is 0 Å². The van der Waals surface area contributed by atoms with Crippen molar-refractivity contribution in [1.82, 2.24) is 4.98 Å². The molecule has 1 aromatic heterocycles. The van der Waals surface area contributed by atoms with Crippen LogP contribution in [0.2, 0.25) is 0 Å². The monoisotopic (exact) mass is 142 g/mol. The Labute approximate surface area is 65.5 Å². The van der Waals surface area contributed by atoms with E-state index >= 15 is 0 Å². The molecule has 2 nitrogen and oxygen atoms in total. The minimum absolute atomic E-state index is 0.315. The van der Waals surface area contributed by atoms with Crippen LogP contribution in [0.5, 0.6) is 0 Å². The van der Waals surface area contributed by atoms with Crippen LogP contribution < -0.4 is 0 Å². The van der Waals surface area contributed by atoms with Gasteiger partial charge in [0.05, 0.1) is 18.2 Å². The summed E-state index contributed by atoms with van der Waals surface area (Å²) in [6, 6.07) is 5.48. The number of hydrogen-bond acceptors (Lipinski definition) is 2. The normalized spacial score (nSPS) is 8.18. The van der Waals surface area contributed by atoms with Gasteiger partial charge in [0.1, 0.15) is 0 Å². The Bertz CT molecular complexity index is 328. The molecule has 0 fully saturated rings. The highest BCUT2D eigenvalue weighted by atomic mass is 14.7. The molecule has 0 saturated heterocycles. The first-order chi connectivity index (χ1) is 5.36. The first-order valence-electron chi connectivity index (χ1n) is 3.15. The molecule has 0 aromatic carbocycles. The van der Waals surface area contributed by atoms with Gasteiger partial charge in [0.25, 0.3) is 0 Å². The van der Waals surface area contributed by atoms with Crippen molar-refractivity contribution in [2.75, 3.05) is 0 Å². The lowest BCUT2D eigenvalue weighted by Gasteiger charge is -1.92. The van der Waals surface area contributed by atoms with Gasteiger partial charge in [-0.3, -0.25) is 4.98 Å². The number of terminal acetylenes is 1. The fourth-order valence-electron chi connectivity index (χ4n) is 0.746. The van der Waals surface area contributed by atoms with Crippen molar-refractivity contribution in [3.63, 3.8) is 0 Å². The molecular formula is C9H6N2. The lowest BCUT2D eigenvalue weighted by atomic mass is 10.2. The summed E-state index contributed by atoms with van der Waals surface area (Å²) < 4.78 is 0. The molecule has 1 heterocycles. The molecule has 1 aromatic rings. The van der Waals surface area contributed by atoms with Gasteiger partial charge in [-0.05, 0) is 12.1 Å². The maximum atomic E-state index is 8.34. The van der Waals surface area contributed by atoms with Gasteiger partial charge in [0, 0.05) is 11.8 Å². The Kier molecular flexibility index (Phi) is 2.25. The van der Waals surface area contributed by atoms with Crippen LogP contribution in [0, 0.1) is 23.7 Å². The van der Waals surface area contributed by atoms with Crippen LogP contribution in [0.3, 0.4) is 0 Å². The molecule has 0 unspecified atom stereocenters. The van der Waals surface area contributed by atoms with Crippen LogP contribution >= 0.6 is 0 Å². The van der Waals surface area contributed by atoms with E-state index in [1.807, 2.05) is 6.07 Å². The topological polar surface area (TPSA) is 36.7 Å². The number of rotatable bonds is 1.